The van der Waals surface area contributed by atoms with Crippen molar-refractivity contribution >= 4 is 17.7 Å². The lowest BCUT2D eigenvalue weighted by Crippen LogP contribution is -1.99. The molecule has 1 aromatic rings. The second-order valence-corrected chi connectivity index (χ2v) is 4.93. The molecule has 1 saturated carbocycles. The Morgan fingerprint density at radius 1 is 1.36 bits per heavy atom. The van der Waals surface area contributed by atoms with Crippen molar-refractivity contribution in [1.82, 2.24) is 0 Å². The monoisotopic (exact) mass is 209 g/mol. The molecule has 2 rings (SSSR count). The van der Waals surface area contributed by atoms with E-state index >= 15 is 0 Å². The predicted octanol–water partition coefficient (Wildman–Crippen LogP) is 1.73. The van der Waals surface area contributed by atoms with Crippen molar-refractivity contribution < 1.29 is 9.90 Å². The fourth-order valence-corrected chi connectivity index (χ4v) is 2.30. The van der Waals surface area contributed by atoms with Gasteiger partial charge in [-0.05, 0) is 30.5 Å². The fourth-order valence-electron chi connectivity index (χ4n) is 1.25. The lowest BCUT2D eigenvalue weighted by atomic mass is 10.2. The first-order valence-electron chi connectivity index (χ1n) is 4.74. The van der Waals surface area contributed by atoms with Crippen LogP contribution >= 0.6 is 11.8 Å². The smallest absolute Gasteiger partial charge is 0.520 e. The van der Waals surface area contributed by atoms with Gasteiger partial charge in [0, 0.05) is 14.9 Å². The molecule has 0 amide bonds. The Labute approximate surface area is 87.3 Å². The third kappa shape index (κ3) is 2.77. The molecule has 0 spiro atoms. The topological polar surface area (TPSA) is 40.0 Å². The van der Waals surface area contributed by atoms with Gasteiger partial charge in [-0.25, -0.2) is 0 Å². The van der Waals surface area contributed by atoms with Gasteiger partial charge in [-0.15, -0.1) is 11.8 Å². The van der Waals surface area contributed by atoms with E-state index in [1.165, 1.54) is 17.7 Å². The molecule has 0 atom stereocenters. The first-order chi connectivity index (χ1) is 6.74. The molecule has 2 N–H and O–H groups in total. The molecule has 0 aromatic heterocycles. The van der Waals surface area contributed by atoms with Crippen molar-refractivity contribution in [2.75, 3.05) is 0 Å². The molecule has 74 valence electrons. The van der Waals surface area contributed by atoms with E-state index in [-0.39, 0.29) is 6.42 Å². The Morgan fingerprint density at radius 3 is 2.50 bits per heavy atom. The zero-order chi connectivity index (χ0) is 9.97. The highest BCUT2D eigenvalue weighted by Gasteiger charge is 2.22. The lowest BCUT2D eigenvalue weighted by Gasteiger charge is -1.99. The van der Waals surface area contributed by atoms with E-state index in [4.69, 9.17) is 5.11 Å². The summed E-state index contributed by atoms with van der Waals surface area (Å²) in [4.78, 5) is 11.8. The van der Waals surface area contributed by atoms with Gasteiger partial charge in [-0.2, -0.15) is 0 Å². The molecule has 14 heavy (non-hydrogen) atoms. The Kier molecular flexibility index (Phi) is 2.77. The number of hydrogen-bond donors (Lipinski definition) is 0. The van der Waals surface area contributed by atoms with Crippen LogP contribution in [0.2, 0.25) is 0 Å². The van der Waals surface area contributed by atoms with Crippen LogP contribution in [0.15, 0.2) is 29.2 Å². The van der Waals surface area contributed by atoms with Crippen molar-refractivity contribution in [3.05, 3.63) is 29.8 Å². The van der Waals surface area contributed by atoms with E-state index in [9.17, 15) is 4.79 Å². The largest absolute Gasteiger partial charge is 0.564 e. The minimum atomic E-state index is -0.521. The summed E-state index contributed by atoms with van der Waals surface area (Å²) in [5.74, 6) is -0.521. The van der Waals surface area contributed by atoms with E-state index < -0.39 is 5.97 Å². The first-order valence-corrected chi connectivity index (χ1v) is 5.62. The van der Waals surface area contributed by atoms with Crippen LogP contribution in [0, 0.1) is 0 Å². The SMILES string of the molecule is O=C([OH2+])Cc1ccc(SC2CC2)cc1. The van der Waals surface area contributed by atoms with Crippen LogP contribution in [0.1, 0.15) is 18.4 Å². The van der Waals surface area contributed by atoms with Gasteiger partial charge in [0.15, 0.2) is 0 Å². The average Bonchev–Trinajstić information content (AvgIpc) is 2.91. The molecular formula is C11H13O2S+. The predicted molar refractivity (Wildman–Crippen MR) is 57.6 cm³/mol. The Balaban J connectivity index is 1.97. The summed E-state index contributed by atoms with van der Waals surface area (Å²) < 4.78 is 0. The number of carbonyl (C=O) groups excluding carboxylic acids is 1. The zero-order valence-electron chi connectivity index (χ0n) is 7.82. The molecule has 0 unspecified atom stereocenters. The van der Waals surface area contributed by atoms with Crippen LogP contribution < -0.4 is 0 Å². The highest BCUT2D eigenvalue weighted by atomic mass is 32.2. The van der Waals surface area contributed by atoms with Gasteiger partial charge in [0.05, 0.1) is 0 Å². The fraction of sp³-hybridized carbons (Fsp3) is 0.364. The maximum absolute atomic E-state index is 10.5. The standard InChI is InChI=1S/C11H12O2S/c12-11(13)7-8-1-3-9(4-2-8)14-10-5-6-10/h1-4,10H,5-7H2,(H,12,13)/p+1. The molecule has 0 saturated heterocycles. The molecular weight excluding hydrogens is 196 g/mol. The lowest BCUT2D eigenvalue weighted by molar-refractivity contribution is -0.136. The molecule has 0 bridgehead atoms. The zero-order valence-corrected chi connectivity index (χ0v) is 8.64. The summed E-state index contributed by atoms with van der Waals surface area (Å²) in [6.45, 7) is 0. The van der Waals surface area contributed by atoms with E-state index in [1.54, 1.807) is 0 Å². The van der Waals surface area contributed by atoms with Crippen LogP contribution in [0.4, 0.5) is 0 Å². The molecule has 1 fully saturated rings. The number of rotatable bonds is 4. The number of carbonyl (C=O) groups is 1. The van der Waals surface area contributed by atoms with Gasteiger partial charge >= 0.3 is 5.97 Å². The summed E-state index contributed by atoms with van der Waals surface area (Å²) in [6.07, 6.45) is 2.89. The summed E-state index contributed by atoms with van der Waals surface area (Å²) in [7, 11) is 0. The van der Waals surface area contributed by atoms with E-state index in [2.05, 4.69) is 0 Å². The third-order valence-electron chi connectivity index (χ3n) is 2.12. The number of thioether (sulfide) groups is 1. The van der Waals surface area contributed by atoms with E-state index in [0.717, 1.165) is 10.8 Å². The maximum atomic E-state index is 10.5. The highest BCUT2D eigenvalue weighted by molar-refractivity contribution is 8.00. The molecule has 1 aliphatic carbocycles. The molecule has 1 aromatic carbocycles. The molecule has 0 aliphatic heterocycles. The summed E-state index contributed by atoms with van der Waals surface area (Å²) in [5, 5.41) is 7.67. The van der Waals surface area contributed by atoms with Crippen molar-refractivity contribution in [3.63, 3.8) is 0 Å². The Morgan fingerprint density at radius 2 is 2.00 bits per heavy atom. The third-order valence-corrected chi connectivity index (χ3v) is 3.46. The number of hydrogen-bond acceptors (Lipinski definition) is 2. The Bertz CT molecular complexity index is 328. The minimum Gasteiger partial charge on any atom is -0.564 e. The maximum Gasteiger partial charge on any atom is 0.520 e. The van der Waals surface area contributed by atoms with Gasteiger partial charge < -0.3 is 5.11 Å². The Hall–Kier alpha value is -0.960. The summed E-state index contributed by atoms with van der Waals surface area (Å²) >= 11 is 1.91. The van der Waals surface area contributed by atoms with Crippen LogP contribution in [-0.2, 0) is 11.2 Å². The van der Waals surface area contributed by atoms with Crippen molar-refractivity contribution in [2.24, 2.45) is 0 Å². The van der Waals surface area contributed by atoms with Crippen molar-refractivity contribution in [2.45, 2.75) is 29.4 Å². The second-order valence-electron chi connectivity index (χ2n) is 3.56. The van der Waals surface area contributed by atoms with Gasteiger partial charge in [0.25, 0.3) is 0 Å². The number of benzene rings is 1. The summed E-state index contributed by atoms with van der Waals surface area (Å²) in [5.41, 5.74) is 0.935. The second kappa shape index (κ2) is 4.05. The van der Waals surface area contributed by atoms with Crippen molar-refractivity contribution in [1.29, 1.82) is 0 Å². The highest BCUT2D eigenvalue weighted by Crippen LogP contribution is 2.38. The van der Waals surface area contributed by atoms with Crippen LogP contribution in [0.3, 0.4) is 0 Å². The van der Waals surface area contributed by atoms with Gasteiger partial charge in [0.2, 0.25) is 0 Å². The van der Waals surface area contributed by atoms with Crippen molar-refractivity contribution in [3.8, 4) is 0 Å². The average molecular weight is 209 g/mol. The summed E-state index contributed by atoms with van der Waals surface area (Å²) in [6, 6.07) is 7.97. The molecule has 3 heteroatoms. The van der Waals surface area contributed by atoms with Gasteiger partial charge in [-0.3, -0.25) is 0 Å². The van der Waals surface area contributed by atoms with E-state index in [1.807, 2.05) is 36.0 Å². The van der Waals surface area contributed by atoms with Gasteiger partial charge in [0.1, 0.15) is 6.42 Å². The van der Waals surface area contributed by atoms with E-state index in [0.29, 0.717) is 0 Å². The molecule has 2 nitrogen and oxygen atoms in total. The van der Waals surface area contributed by atoms with Crippen LogP contribution in [0.25, 0.3) is 0 Å². The first kappa shape index (κ1) is 9.59. The minimum absolute atomic E-state index is 0.231. The quantitative estimate of drug-likeness (QED) is 0.708. The molecule has 0 heterocycles. The normalized spacial score (nSPS) is 15.4. The van der Waals surface area contributed by atoms with Gasteiger partial charge in [-0.1, -0.05) is 12.1 Å². The molecule has 1 aliphatic rings. The van der Waals surface area contributed by atoms with Crippen LogP contribution in [0.5, 0.6) is 0 Å². The van der Waals surface area contributed by atoms with Crippen LogP contribution in [-0.4, -0.2) is 16.3 Å². The molecule has 0 radical (unpaired) electrons.